The van der Waals surface area contributed by atoms with Crippen molar-refractivity contribution in [2.24, 2.45) is 0 Å². The van der Waals surface area contributed by atoms with Crippen molar-refractivity contribution in [3.63, 3.8) is 0 Å². The molecule has 1 N–H and O–H groups in total. The molecule has 5 heteroatoms. The highest BCUT2D eigenvalue weighted by molar-refractivity contribution is 6.32. The lowest BCUT2D eigenvalue weighted by Crippen LogP contribution is -2.36. The average Bonchev–Trinajstić information content (AvgIpc) is 2.19. The second-order valence-electron chi connectivity index (χ2n) is 3.64. The number of hydrogen-bond donors (Lipinski definition) is 1. The topological polar surface area (TPSA) is 41.6 Å². The van der Waals surface area contributed by atoms with Crippen LogP contribution in [0.25, 0.3) is 0 Å². The van der Waals surface area contributed by atoms with Crippen LogP contribution in [0, 0.1) is 6.92 Å². The zero-order valence-corrected chi connectivity index (χ0v) is 10.6. The second kappa shape index (κ2) is 5.18. The first kappa shape index (κ1) is 12.8. The third kappa shape index (κ3) is 2.87. The van der Waals surface area contributed by atoms with Crippen molar-refractivity contribution < 1.29 is 9.53 Å². The van der Waals surface area contributed by atoms with E-state index in [4.69, 9.17) is 16.3 Å². The van der Waals surface area contributed by atoms with E-state index in [0.717, 1.165) is 5.56 Å². The highest BCUT2D eigenvalue weighted by Crippen LogP contribution is 2.27. The number of hydrogen-bond acceptors (Lipinski definition) is 3. The summed E-state index contributed by atoms with van der Waals surface area (Å²) in [5, 5.41) is 2.01. The highest BCUT2D eigenvalue weighted by Gasteiger charge is 2.13. The zero-order chi connectivity index (χ0) is 12.3. The van der Waals surface area contributed by atoms with Crippen LogP contribution in [-0.2, 0) is 0 Å². The fourth-order valence-corrected chi connectivity index (χ4v) is 1.56. The summed E-state index contributed by atoms with van der Waals surface area (Å²) in [6.07, 6.45) is 0. The number of hydrazine groups is 1. The fourth-order valence-electron chi connectivity index (χ4n) is 1.32. The Labute approximate surface area is 100 Å². The molecular weight excluding hydrogens is 228 g/mol. The molecule has 1 amide bonds. The van der Waals surface area contributed by atoms with Gasteiger partial charge < -0.3 is 4.74 Å². The van der Waals surface area contributed by atoms with Crippen LogP contribution < -0.4 is 10.2 Å². The predicted molar refractivity (Wildman–Crippen MR) is 63.9 cm³/mol. The Morgan fingerprint density at radius 1 is 1.44 bits per heavy atom. The standard InChI is InChI=1S/C11H15ClN2O2/c1-7-5-10(16-4)9(12)6-8(7)11(15)13-14(2)3/h5-6H,1-4H3,(H,13,15). The number of halogens is 1. The molecular formula is C11H15ClN2O2. The molecule has 0 aliphatic rings. The highest BCUT2D eigenvalue weighted by atomic mass is 35.5. The van der Waals surface area contributed by atoms with Crippen molar-refractivity contribution in [1.29, 1.82) is 0 Å². The second-order valence-corrected chi connectivity index (χ2v) is 4.04. The number of carbonyl (C=O) groups is 1. The Hall–Kier alpha value is -1.26. The van der Waals surface area contributed by atoms with Gasteiger partial charge in [0, 0.05) is 19.7 Å². The fraction of sp³-hybridized carbons (Fsp3) is 0.364. The molecule has 0 unspecified atom stereocenters. The van der Waals surface area contributed by atoms with Crippen LogP contribution in [0.1, 0.15) is 15.9 Å². The number of aryl methyl sites for hydroxylation is 1. The van der Waals surface area contributed by atoms with Crippen molar-refractivity contribution in [3.05, 3.63) is 28.3 Å². The molecule has 16 heavy (non-hydrogen) atoms. The van der Waals surface area contributed by atoms with Crippen LogP contribution in [0.4, 0.5) is 0 Å². The third-order valence-corrected chi connectivity index (χ3v) is 2.36. The van der Waals surface area contributed by atoms with Gasteiger partial charge in [-0.15, -0.1) is 0 Å². The molecule has 0 bridgehead atoms. The van der Waals surface area contributed by atoms with Gasteiger partial charge in [-0.2, -0.15) is 0 Å². The van der Waals surface area contributed by atoms with Gasteiger partial charge in [0.2, 0.25) is 0 Å². The maximum Gasteiger partial charge on any atom is 0.265 e. The number of methoxy groups -OCH3 is 1. The number of ether oxygens (including phenoxy) is 1. The van der Waals surface area contributed by atoms with E-state index in [1.54, 1.807) is 38.3 Å². The quantitative estimate of drug-likeness (QED) is 0.823. The SMILES string of the molecule is COc1cc(C)c(C(=O)NN(C)C)cc1Cl. The van der Waals surface area contributed by atoms with E-state index in [9.17, 15) is 4.79 Å². The van der Waals surface area contributed by atoms with Gasteiger partial charge >= 0.3 is 0 Å². The van der Waals surface area contributed by atoms with Crippen LogP contribution >= 0.6 is 11.6 Å². The number of carbonyl (C=O) groups excluding carboxylic acids is 1. The molecule has 0 aromatic heterocycles. The summed E-state index contributed by atoms with van der Waals surface area (Å²) in [6, 6.07) is 3.35. The van der Waals surface area contributed by atoms with Gasteiger partial charge in [0.05, 0.1) is 12.1 Å². The van der Waals surface area contributed by atoms with E-state index in [1.165, 1.54) is 0 Å². The van der Waals surface area contributed by atoms with Crippen LogP contribution in [0.2, 0.25) is 5.02 Å². The van der Waals surface area contributed by atoms with Crippen LogP contribution in [0.3, 0.4) is 0 Å². The van der Waals surface area contributed by atoms with E-state index in [2.05, 4.69) is 5.43 Å². The third-order valence-electron chi connectivity index (χ3n) is 2.07. The van der Waals surface area contributed by atoms with E-state index in [-0.39, 0.29) is 5.91 Å². The van der Waals surface area contributed by atoms with E-state index in [1.807, 2.05) is 6.92 Å². The molecule has 1 aromatic rings. The molecule has 0 saturated heterocycles. The molecule has 0 radical (unpaired) electrons. The number of nitrogens with one attached hydrogen (secondary N) is 1. The zero-order valence-electron chi connectivity index (χ0n) is 9.80. The number of amides is 1. The van der Waals surface area contributed by atoms with E-state index in [0.29, 0.717) is 16.3 Å². The van der Waals surface area contributed by atoms with Gasteiger partial charge in [0.25, 0.3) is 5.91 Å². The molecule has 4 nitrogen and oxygen atoms in total. The minimum atomic E-state index is -0.188. The molecule has 1 aromatic carbocycles. The van der Waals surface area contributed by atoms with Crippen LogP contribution in [0.5, 0.6) is 5.75 Å². The summed E-state index contributed by atoms with van der Waals surface area (Å²) in [4.78, 5) is 11.8. The molecule has 0 spiro atoms. The lowest BCUT2D eigenvalue weighted by Gasteiger charge is -2.14. The minimum Gasteiger partial charge on any atom is -0.495 e. The maximum atomic E-state index is 11.8. The summed E-state index contributed by atoms with van der Waals surface area (Å²) in [5.74, 6) is 0.382. The minimum absolute atomic E-state index is 0.188. The summed E-state index contributed by atoms with van der Waals surface area (Å²) in [6.45, 7) is 1.84. The van der Waals surface area contributed by atoms with E-state index >= 15 is 0 Å². The summed E-state index contributed by atoms with van der Waals surface area (Å²) in [5.41, 5.74) is 4.02. The molecule has 88 valence electrons. The van der Waals surface area contributed by atoms with Crippen molar-refractivity contribution in [2.45, 2.75) is 6.92 Å². The number of nitrogens with zero attached hydrogens (tertiary/aromatic N) is 1. The Bertz CT molecular complexity index is 405. The Kier molecular flexibility index (Phi) is 4.15. The number of benzene rings is 1. The molecule has 1 rings (SSSR count). The van der Waals surface area contributed by atoms with Crippen LogP contribution in [-0.4, -0.2) is 32.1 Å². The normalized spacial score (nSPS) is 10.4. The Balaban J connectivity index is 3.06. The molecule has 0 aliphatic heterocycles. The van der Waals surface area contributed by atoms with Crippen molar-refractivity contribution >= 4 is 17.5 Å². The van der Waals surface area contributed by atoms with Crippen molar-refractivity contribution in [1.82, 2.24) is 10.4 Å². The molecule has 0 saturated carbocycles. The maximum absolute atomic E-state index is 11.8. The summed E-state index contributed by atoms with van der Waals surface area (Å²) < 4.78 is 5.07. The van der Waals surface area contributed by atoms with Gasteiger partial charge in [-0.3, -0.25) is 10.2 Å². The summed E-state index contributed by atoms with van der Waals surface area (Å²) >= 11 is 5.96. The van der Waals surface area contributed by atoms with Gasteiger partial charge in [-0.1, -0.05) is 11.6 Å². The predicted octanol–water partition coefficient (Wildman–Crippen LogP) is 1.86. The largest absolute Gasteiger partial charge is 0.495 e. The van der Waals surface area contributed by atoms with Gasteiger partial charge in [-0.05, 0) is 24.6 Å². The first-order chi connectivity index (χ1) is 7.45. The van der Waals surface area contributed by atoms with Gasteiger partial charge in [0.1, 0.15) is 5.75 Å². The first-order valence-electron chi connectivity index (χ1n) is 4.78. The van der Waals surface area contributed by atoms with Gasteiger partial charge in [0.15, 0.2) is 0 Å². The lowest BCUT2D eigenvalue weighted by molar-refractivity contribution is 0.0856. The average molecular weight is 243 g/mol. The Morgan fingerprint density at radius 3 is 2.56 bits per heavy atom. The smallest absolute Gasteiger partial charge is 0.265 e. The van der Waals surface area contributed by atoms with E-state index < -0.39 is 0 Å². The number of rotatable bonds is 3. The van der Waals surface area contributed by atoms with Crippen molar-refractivity contribution in [2.75, 3.05) is 21.2 Å². The van der Waals surface area contributed by atoms with Gasteiger partial charge in [-0.25, -0.2) is 5.01 Å². The van der Waals surface area contributed by atoms with Crippen molar-refractivity contribution in [3.8, 4) is 5.75 Å². The molecule has 0 atom stereocenters. The first-order valence-corrected chi connectivity index (χ1v) is 5.16. The molecule has 0 aliphatic carbocycles. The lowest BCUT2D eigenvalue weighted by atomic mass is 10.1. The molecule has 0 heterocycles. The summed E-state index contributed by atoms with van der Waals surface area (Å²) in [7, 11) is 5.04. The molecule has 0 fully saturated rings. The monoisotopic (exact) mass is 242 g/mol. The van der Waals surface area contributed by atoms with Crippen LogP contribution in [0.15, 0.2) is 12.1 Å². The Morgan fingerprint density at radius 2 is 2.06 bits per heavy atom.